The van der Waals surface area contributed by atoms with Crippen molar-refractivity contribution >= 4 is 11.8 Å². The van der Waals surface area contributed by atoms with Crippen LogP contribution in [0, 0.1) is 0 Å². The third-order valence-electron chi connectivity index (χ3n) is 5.64. The van der Waals surface area contributed by atoms with E-state index in [1.165, 1.54) is 0 Å². The molecule has 0 saturated heterocycles. The summed E-state index contributed by atoms with van der Waals surface area (Å²) in [6.45, 7) is 2.52. The Morgan fingerprint density at radius 2 is 1.22 bits per heavy atom. The molecule has 0 spiro atoms. The third-order valence-corrected chi connectivity index (χ3v) is 5.64. The Hall–Kier alpha value is -4.20. The Balaban J connectivity index is 1.80. The monoisotopic (exact) mass is 506 g/mol. The van der Waals surface area contributed by atoms with E-state index in [0.29, 0.717) is 35.2 Å². The van der Waals surface area contributed by atoms with E-state index < -0.39 is 6.17 Å². The highest BCUT2D eigenvalue weighted by molar-refractivity contribution is 5.82. The molecular formula is C29H34N2O6. The lowest BCUT2D eigenvalue weighted by molar-refractivity contribution is -0.123. The molecule has 0 heterocycles. The second-order valence-electron chi connectivity index (χ2n) is 8.38. The summed E-state index contributed by atoms with van der Waals surface area (Å²) in [6, 6.07) is 19.9. The Labute approximate surface area is 217 Å². The number of ether oxygens (including phenoxy) is 4. The van der Waals surface area contributed by atoms with Gasteiger partial charge in [-0.25, -0.2) is 0 Å². The largest absolute Gasteiger partial charge is 0.497 e. The normalized spacial score (nSPS) is 10.5. The van der Waals surface area contributed by atoms with Crippen LogP contribution in [0.5, 0.6) is 23.0 Å². The molecule has 0 atom stereocenters. The Bertz CT molecular complexity index is 1100. The van der Waals surface area contributed by atoms with Crippen LogP contribution >= 0.6 is 0 Å². The van der Waals surface area contributed by atoms with Gasteiger partial charge in [0.2, 0.25) is 11.8 Å². The van der Waals surface area contributed by atoms with Gasteiger partial charge in [0.25, 0.3) is 0 Å². The van der Waals surface area contributed by atoms with Gasteiger partial charge in [-0.1, -0.05) is 37.3 Å². The Morgan fingerprint density at radius 3 is 1.65 bits per heavy atom. The maximum absolute atomic E-state index is 13.0. The number of amides is 2. The smallest absolute Gasteiger partial charge is 0.226 e. The number of methoxy groups -OCH3 is 3. The average molecular weight is 507 g/mol. The van der Waals surface area contributed by atoms with Gasteiger partial charge in [0.15, 0.2) is 11.5 Å². The van der Waals surface area contributed by atoms with Crippen molar-refractivity contribution in [3.05, 3.63) is 83.4 Å². The molecule has 0 fully saturated rings. The van der Waals surface area contributed by atoms with Gasteiger partial charge in [-0.15, -0.1) is 0 Å². The van der Waals surface area contributed by atoms with Crippen LogP contribution in [-0.4, -0.2) is 39.8 Å². The molecule has 0 aliphatic carbocycles. The van der Waals surface area contributed by atoms with Gasteiger partial charge in [0.1, 0.15) is 17.7 Å². The Morgan fingerprint density at radius 1 is 0.703 bits per heavy atom. The summed E-state index contributed by atoms with van der Waals surface area (Å²) in [7, 11) is 4.75. The summed E-state index contributed by atoms with van der Waals surface area (Å²) in [6.07, 6.45) is 0.342. The maximum Gasteiger partial charge on any atom is 0.226 e. The van der Waals surface area contributed by atoms with Crippen molar-refractivity contribution in [3.63, 3.8) is 0 Å². The van der Waals surface area contributed by atoms with Crippen molar-refractivity contribution in [1.29, 1.82) is 0 Å². The zero-order chi connectivity index (χ0) is 26.6. The predicted molar refractivity (Wildman–Crippen MR) is 141 cm³/mol. The number of carbonyl (C=O) groups excluding carboxylic acids is 2. The van der Waals surface area contributed by atoms with Crippen LogP contribution in [0.3, 0.4) is 0 Å². The molecule has 0 saturated carbocycles. The van der Waals surface area contributed by atoms with Crippen LogP contribution < -0.4 is 29.6 Å². The summed E-state index contributed by atoms with van der Waals surface area (Å²) in [5.41, 5.74) is 2.31. The van der Waals surface area contributed by atoms with Gasteiger partial charge in [0.05, 0.1) is 40.8 Å². The molecule has 0 aromatic heterocycles. The first-order valence-corrected chi connectivity index (χ1v) is 12.1. The summed E-state index contributed by atoms with van der Waals surface area (Å²) < 4.78 is 21.6. The fourth-order valence-electron chi connectivity index (χ4n) is 3.68. The van der Waals surface area contributed by atoms with Crippen molar-refractivity contribution < 1.29 is 28.5 Å². The van der Waals surface area contributed by atoms with E-state index in [9.17, 15) is 9.59 Å². The van der Waals surface area contributed by atoms with Crippen LogP contribution in [0.4, 0.5) is 0 Å². The van der Waals surface area contributed by atoms with Gasteiger partial charge >= 0.3 is 0 Å². The zero-order valence-corrected chi connectivity index (χ0v) is 21.7. The third kappa shape index (κ3) is 8.17. The summed E-state index contributed by atoms with van der Waals surface area (Å²) >= 11 is 0. The van der Waals surface area contributed by atoms with Gasteiger partial charge in [-0.3, -0.25) is 9.59 Å². The van der Waals surface area contributed by atoms with Crippen molar-refractivity contribution in [2.75, 3.05) is 27.9 Å². The highest BCUT2D eigenvalue weighted by atomic mass is 16.5. The minimum Gasteiger partial charge on any atom is -0.497 e. The fraction of sp³-hybridized carbons (Fsp3) is 0.310. The van der Waals surface area contributed by atoms with Crippen LogP contribution in [0.2, 0.25) is 0 Å². The first kappa shape index (κ1) is 27.4. The predicted octanol–water partition coefficient (Wildman–Crippen LogP) is 4.22. The van der Waals surface area contributed by atoms with E-state index in [1.807, 2.05) is 31.2 Å². The molecule has 0 unspecified atom stereocenters. The first-order valence-electron chi connectivity index (χ1n) is 12.1. The highest BCUT2D eigenvalue weighted by Crippen LogP contribution is 2.30. The SMILES string of the molecule is CCCOc1cc(C(NC(=O)Cc2ccc(OC)cc2)NC(=O)Cc2ccc(OC)cc2)ccc1OC. The van der Waals surface area contributed by atoms with Crippen LogP contribution in [0.1, 0.15) is 36.2 Å². The van der Waals surface area contributed by atoms with Gasteiger partial charge in [0, 0.05) is 0 Å². The van der Waals surface area contributed by atoms with Gasteiger partial charge in [-0.05, 0) is 59.5 Å². The number of hydrogen-bond donors (Lipinski definition) is 2. The van der Waals surface area contributed by atoms with E-state index in [2.05, 4.69) is 10.6 Å². The molecule has 0 bridgehead atoms. The quantitative estimate of drug-likeness (QED) is 0.337. The molecular weight excluding hydrogens is 472 g/mol. The molecule has 37 heavy (non-hydrogen) atoms. The highest BCUT2D eigenvalue weighted by Gasteiger charge is 2.20. The van der Waals surface area contributed by atoms with Crippen molar-refractivity contribution in [3.8, 4) is 23.0 Å². The number of rotatable bonds is 13. The van der Waals surface area contributed by atoms with Crippen molar-refractivity contribution in [2.24, 2.45) is 0 Å². The summed E-state index contributed by atoms with van der Waals surface area (Å²) in [4.78, 5) is 26.0. The average Bonchev–Trinajstić information content (AvgIpc) is 2.92. The zero-order valence-electron chi connectivity index (χ0n) is 21.7. The number of hydrogen-bond acceptors (Lipinski definition) is 6. The molecule has 0 radical (unpaired) electrons. The van der Waals surface area contributed by atoms with Crippen LogP contribution in [0.15, 0.2) is 66.7 Å². The molecule has 2 N–H and O–H groups in total. The standard InChI is InChI=1S/C29H34N2O6/c1-5-16-37-26-19-22(10-15-25(26)36-4)29(30-27(32)17-20-6-11-23(34-2)12-7-20)31-28(33)18-21-8-13-24(35-3)14-9-21/h6-15,19,29H,5,16-18H2,1-4H3,(H,30,32)(H,31,33). The molecule has 3 aromatic carbocycles. The van der Waals surface area contributed by atoms with E-state index in [1.54, 1.807) is 63.8 Å². The van der Waals surface area contributed by atoms with E-state index in [4.69, 9.17) is 18.9 Å². The molecule has 8 heteroatoms. The van der Waals surface area contributed by atoms with Crippen LogP contribution in [-0.2, 0) is 22.4 Å². The topological polar surface area (TPSA) is 95.1 Å². The minimum atomic E-state index is -0.772. The minimum absolute atomic E-state index is 0.143. The number of carbonyl (C=O) groups is 2. The first-order chi connectivity index (χ1) is 17.9. The molecule has 3 rings (SSSR count). The summed E-state index contributed by atoms with van der Waals surface area (Å²) in [5, 5.41) is 5.90. The van der Waals surface area contributed by atoms with E-state index >= 15 is 0 Å². The lowest BCUT2D eigenvalue weighted by atomic mass is 10.1. The molecule has 2 amide bonds. The van der Waals surface area contributed by atoms with Crippen molar-refractivity contribution in [2.45, 2.75) is 32.4 Å². The Kier molecular flexibility index (Phi) is 10.2. The molecule has 8 nitrogen and oxygen atoms in total. The maximum atomic E-state index is 13.0. The molecule has 0 aliphatic heterocycles. The molecule has 3 aromatic rings. The molecule has 0 aliphatic rings. The number of benzene rings is 3. The molecule has 196 valence electrons. The van der Waals surface area contributed by atoms with Gasteiger partial charge < -0.3 is 29.6 Å². The lowest BCUT2D eigenvalue weighted by Gasteiger charge is -2.22. The van der Waals surface area contributed by atoms with E-state index in [-0.39, 0.29) is 24.7 Å². The second-order valence-corrected chi connectivity index (χ2v) is 8.38. The lowest BCUT2D eigenvalue weighted by Crippen LogP contribution is -2.42. The van der Waals surface area contributed by atoms with Gasteiger partial charge in [-0.2, -0.15) is 0 Å². The summed E-state index contributed by atoms with van der Waals surface area (Å²) in [5.74, 6) is 2.06. The van der Waals surface area contributed by atoms with Crippen molar-refractivity contribution in [1.82, 2.24) is 10.6 Å². The van der Waals surface area contributed by atoms with E-state index in [0.717, 1.165) is 17.5 Å². The number of nitrogens with one attached hydrogen (secondary N) is 2. The van der Waals surface area contributed by atoms with Crippen LogP contribution in [0.25, 0.3) is 0 Å². The second kappa shape index (κ2) is 13.8. The fourth-order valence-corrected chi connectivity index (χ4v) is 3.68.